The van der Waals surface area contributed by atoms with Gasteiger partial charge in [0, 0.05) is 20.2 Å². The van der Waals surface area contributed by atoms with Crippen LogP contribution in [0.1, 0.15) is 0 Å². The van der Waals surface area contributed by atoms with E-state index in [-0.39, 0.29) is 12.1 Å². The zero-order valence-corrected chi connectivity index (χ0v) is 14.3. The second-order valence-corrected chi connectivity index (χ2v) is 6.03. The summed E-state index contributed by atoms with van der Waals surface area (Å²) in [6, 6.07) is 9.98. The number of pyridine rings is 2. The maximum atomic E-state index is 5.50. The monoisotopic (exact) mass is 339 g/mol. The Morgan fingerprint density at radius 2 is 2.12 bits per heavy atom. The third-order valence-corrected chi connectivity index (χ3v) is 4.52. The van der Waals surface area contributed by atoms with E-state index in [9.17, 15) is 0 Å². The number of imidazole rings is 1. The second-order valence-electron chi connectivity index (χ2n) is 6.03. The first kappa shape index (κ1) is 15.9. The third kappa shape index (κ3) is 3.04. The Kier molecular flexibility index (Phi) is 4.25. The molecule has 2 N–H and O–H groups in total. The predicted molar refractivity (Wildman–Crippen MR) is 96.1 cm³/mol. The van der Waals surface area contributed by atoms with Crippen LogP contribution in [0.25, 0.3) is 17.0 Å². The van der Waals surface area contributed by atoms with Gasteiger partial charge in [-0.2, -0.15) is 0 Å². The highest BCUT2D eigenvalue weighted by Gasteiger charge is 2.26. The summed E-state index contributed by atoms with van der Waals surface area (Å²) < 4.78 is 12.8. The number of ether oxygens (including phenoxy) is 2. The SMILES string of the molecule is COc1ccc2ncc(-c3cccc(NC4CNCC4OC)n3)n2c1. The molecule has 0 saturated carbocycles. The van der Waals surface area contributed by atoms with Gasteiger partial charge in [0.2, 0.25) is 0 Å². The first-order chi connectivity index (χ1) is 12.3. The highest BCUT2D eigenvalue weighted by Crippen LogP contribution is 2.23. The number of nitrogens with zero attached hydrogens (tertiary/aromatic N) is 3. The summed E-state index contributed by atoms with van der Waals surface area (Å²) in [5.41, 5.74) is 2.63. The fourth-order valence-corrected chi connectivity index (χ4v) is 3.17. The van der Waals surface area contributed by atoms with E-state index in [1.54, 1.807) is 14.2 Å². The van der Waals surface area contributed by atoms with Crippen molar-refractivity contribution >= 4 is 11.5 Å². The summed E-state index contributed by atoms with van der Waals surface area (Å²) in [7, 11) is 3.39. The van der Waals surface area contributed by atoms with Gasteiger partial charge in [-0.05, 0) is 24.3 Å². The molecule has 7 heteroatoms. The van der Waals surface area contributed by atoms with E-state index >= 15 is 0 Å². The van der Waals surface area contributed by atoms with E-state index in [4.69, 9.17) is 14.5 Å². The van der Waals surface area contributed by atoms with Gasteiger partial charge in [0.1, 0.15) is 17.2 Å². The molecule has 7 nitrogen and oxygen atoms in total. The number of methoxy groups -OCH3 is 2. The molecule has 0 bridgehead atoms. The number of nitrogens with one attached hydrogen (secondary N) is 2. The van der Waals surface area contributed by atoms with E-state index in [1.807, 2.05) is 47.1 Å². The first-order valence-corrected chi connectivity index (χ1v) is 8.27. The molecule has 3 aromatic heterocycles. The maximum Gasteiger partial charge on any atom is 0.137 e. The van der Waals surface area contributed by atoms with Gasteiger partial charge in [0.05, 0.1) is 43.0 Å². The number of anilines is 1. The molecule has 0 aromatic carbocycles. The molecular formula is C18H21N5O2. The van der Waals surface area contributed by atoms with Gasteiger partial charge >= 0.3 is 0 Å². The van der Waals surface area contributed by atoms with Gasteiger partial charge in [-0.15, -0.1) is 0 Å². The number of hydrogen-bond acceptors (Lipinski definition) is 6. The van der Waals surface area contributed by atoms with Crippen molar-refractivity contribution in [3.63, 3.8) is 0 Å². The normalized spacial score (nSPS) is 20.1. The van der Waals surface area contributed by atoms with Crippen molar-refractivity contribution in [2.45, 2.75) is 12.1 Å². The summed E-state index contributed by atoms with van der Waals surface area (Å²) in [5, 5.41) is 6.79. The van der Waals surface area contributed by atoms with Crippen molar-refractivity contribution in [2.75, 3.05) is 32.6 Å². The highest BCUT2D eigenvalue weighted by atomic mass is 16.5. The van der Waals surface area contributed by atoms with Gasteiger partial charge in [-0.3, -0.25) is 4.40 Å². The summed E-state index contributed by atoms with van der Waals surface area (Å²) in [5.74, 6) is 1.60. The Hall–Kier alpha value is -2.64. The number of aromatic nitrogens is 3. The molecule has 1 fully saturated rings. The van der Waals surface area contributed by atoms with Crippen LogP contribution in [0.3, 0.4) is 0 Å². The van der Waals surface area contributed by atoms with Gasteiger partial charge < -0.3 is 20.1 Å². The largest absolute Gasteiger partial charge is 0.495 e. The Balaban J connectivity index is 1.65. The van der Waals surface area contributed by atoms with Crippen molar-refractivity contribution in [1.29, 1.82) is 0 Å². The minimum absolute atomic E-state index is 0.144. The van der Waals surface area contributed by atoms with Crippen LogP contribution >= 0.6 is 0 Å². The summed E-state index contributed by atoms with van der Waals surface area (Å²) in [6.07, 6.45) is 3.89. The number of rotatable bonds is 5. The average molecular weight is 339 g/mol. The Morgan fingerprint density at radius 3 is 2.96 bits per heavy atom. The average Bonchev–Trinajstić information content (AvgIpc) is 3.27. The maximum absolute atomic E-state index is 5.50. The lowest BCUT2D eigenvalue weighted by Crippen LogP contribution is -2.33. The molecule has 4 heterocycles. The molecular weight excluding hydrogens is 318 g/mol. The van der Waals surface area contributed by atoms with Crippen LogP contribution in [-0.2, 0) is 4.74 Å². The zero-order valence-electron chi connectivity index (χ0n) is 14.3. The van der Waals surface area contributed by atoms with E-state index in [1.165, 1.54) is 0 Å². The topological polar surface area (TPSA) is 72.7 Å². The van der Waals surface area contributed by atoms with Crippen molar-refractivity contribution in [3.8, 4) is 17.1 Å². The Bertz CT molecular complexity index is 879. The van der Waals surface area contributed by atoms with Crippen LogP contribution in [0, 0.1) is 0 Å². The van der Waals surface area contributed by atoms with E-state index < -0.39 is 0 Å². The van der Waals surface area contributed by atoms with Gasteiger partial charge in [0.25, 0.3) is 0 Å². The van der Waals surface area contributed by atoms with Crippen molar-refractivity contribution < 1.29 is 9.47 Å². The lowest BCUT2D eigenvalue weighted by Gasteiger charge is -2.19. The number of hydrogen-bond donors (Lipinski definition) is 2. The molecule has 0 radical (unpaired) electrons. The first-order valence-electron chi connectivity index (χ1n) is 8.27. The fraction of sp³-hybridized carbons (Fsp3) is 0.333. The molecule has 130 valence electrons. The minimum Gasteiger partial charge on any atom is -0.495 e. The van der Waals surface area contributed by atoms with Crippen LogP contribution < -0.4 is 15.4 Å². The minimum atomic E-state index is 0.144. The molecule has 25 heavy (non-hydrogen) atoms. The van der Waals surface area contributed by atoms with Crippen LogP contribution in [0.15, 0.2) is 42.7 Å². The molecule has 4 rings (SSSR count). The Labute approximate surface area is 146 Å². The fourth-order valence-electron chi connectivity index (χ4n) is 3.17. The van der Waals surface area contributed by atoms with Crippen molar-refractivity contribution in [2.24, 2.45) is 0 Å². The number of fused-ring (bicyclic) bond motifs is 1. The van der Waals surface area contributed by atoms with Crippen LogP contribution in [0.4, 0.5) is 5.82 Å². The van der Waals surface area contributed by atoms with Gasteiger partial charge in [-0.25, -0.2) is 9.97 Å². The van der Waals surface area contributed by atoms with Gasteiger partial charge in [0.15, 0.2) is 0 Å². The van der Waals surface area contributed by atoms with E-state index in [0.29, 0.717) is 0 Å². The molecule has 2 unspecified atom stereocenters. The summed E-state index contributed by atoms with van der Waals surface area (Å²) in [4.78, 5) is 9.20. The molecule has 0 aliphatic carbocycles. The van der Waals surface area contributed by atoms with E-state index in [2.05, 4.69) is 15.6 Å². The molecule has 1 saturated heterocycles. The molecule has 0 spiro atoms. The van der Waals surface area contributed by atoms with Crippen molar-refractivity contribution in [1.82, 2.24) is 19.7 Å². The quantitative estimate of drug-likeness (QED) is 0.739. The summed E-state index contributed by atoms with van der Waals surface area (Å²) in [6.45, 7) is 1.71. The molecule has 3 aromatic rings. The van der Waals surface area contributed by atoms with E-state index in [0.717, 1.165) is 41.7 Å². The molecule has 0 amide bonds. The lowest BCUT2D eigenvalue weighted by molar-refractivity contribution is 0.111. The second kappa shape index (κ2) is 6.70. The van der Waals surface area contributed by atoms with Crippen LogP contribution in [0.5, 0.6) is 5.75 Å². The summed E-state index contributed by atoms with van der Waals surface area (Å²) >= 11 is 0. The molecule has 2 atom stereocenters. The molecule has 1 aliphatic rings. The predicted octanol–water partition coefficient (Wildman–Crippen LogP) is 1.80. The Morgan fingerprint density at radius 1 is 1.20 bits per heavy atom. The van der Waals surface area contributed by atoms with Gasteiger partial charge in [-0.1, -0.05) is 6.07 Å². The van der Waals surface area contributed by atoms with Crippen LogP contribution in [-0.4, -0.2) is 53.8 Å². The van der Waals surface area contributed by atoms with Crippen LogP contribution in [0.2, 0.25) is 0 Å². The zero-order chi connectivity index (χ0) is 17.2. The third-order valence-electron chi connectivity index (χ3n) is 4.52. The molecule has 1 aliphatic heterocycles. The standard InChI is InChI=1S/C18H21N5O2/c1-24-12-6-7-18-20-9-15(23(18)11-12)13-4-3-5-17(21-13)22-14-8-19-10-16(14)25-2/h3-7,9,11,14,16,19H,8,10H2,1-2H3,(H,21,22). The highest BCUT2D eigenvalue weighted by molar-refractivity contribution is 5.62. The van der Waals surface area contributed by atoms with Crippen molar-refractivity contribution in [3.05, 3.63) is 42.7 Å². The lowest BCUT2D eigenvalue weighted by atomic mass is 10.2. The smallest absolute Gasteiger partial charge is 0.137 e.